The van der Waals surface area contributed by atoms with Gasteiger partial charge in [0.1, 0.15) is 24.2 Å². The molecule has 4 unspecified atom stereocenters. The number of aliphatic carboxylic acids is 1. The number of nitrogens with one attached hydrogen (secondary N) is 3. The van der Waals surface area contributed by atoms with Gasteiger partial charge in [-0.15, -0.1) is 0 Å². The Morgan fingerprint density at radius 3 is 1.74 bits per heavy atom. The topological polar surface area (TPSA) is 235 Å². The summed E-state index contributed by atoms with van der Waals surface area (Å²) in [6, 6.07) is -4.36. The molecular formula is C19H37N7O6S2. The maximum Gasteiger partial charge on any atom is 0.326 e. The molecule has 0 spiro atoms. The van der Waals surface area contributed by atoms with Gasteiger partial charge in [-0.1, -0.05) is 0 Å². The van der Waals surface area contributed by atoms with Gasteiger partial charge in [-0.25, -0.2) is 4.79 Å². The van der Waals surface area contributed by atoms with Crippen molar-refractivity contribution in [2.75, 3.05) is 37.2 Å². The summed E-state index contributed by atoms with van der Waals surface area (Å²) in [5.41, 5.74) is 16.0. The van der Waals surface area contributed by atoms with Gasteiger partial charge in [0.15, 0.2) is 5.96 Å². The summed E-state index contributed by atoms with van der Waals surface area (Å²) in [4.78, 5) is 53.2. The normalized spacial score (nSPS) is 14.2. The van der Waals surface area contributed by atoms with Gasteiger partial charge in [0, 0.05) is 6.54 Å². The first-order chi connectivity index (χ1) is 16.1. The van der Waals surface area contributed by atoms with Crippen molar-refractivity contribution < 1.29 is 29.4 Å². The van der Waals surface area contributed by atoms with Crippen LogP contribution in [0.3, 0.4) is 0 Å². The predicted molar refractivity (Wildman–Crippen MR) is 134 cm³/mol. The average Bonchev–Trinajstić information content (AvgIpc) is 2.79. The molecule has 0 rings (SSSR count). The fourth-order valence-electron chi connectivity index (χ4n) is 2.68. The number of carboxylic acids is 1. The van der Waals surface area contributed by atoms with Crippen LogP contribution >= 0.6 is 23.5 Å². The highest BCUT2D eigenvalue weighted by Crippen LogP contribution is 2.07. The second-order valence-corrected chi connectivity index (χ2v) is 9.29. The molecule has 0 aliphatic rings. The van der Waals surface area contributed by atoms with Crippen molar-refractivity contribution in [1.82, 2.24) is 16.0 Å². The van der Waals surface area contributed by atoms with Crippen molar-refractivity contribution in [1.29, 1.82) is 0 Å². The molecule has 0 saturated heterocycles. The van der Waals surface area contributed by atoms with Crippen LogP contribution < -0.4 is 33.2 Å². The standard InChI is InChI=1S/C19H37N7O6S2/c1-33-8-5-12(24-15(28)11(20)10-27)16(29)25-13(6-9-34-2)17(30)26-14(18(31)32)4-3-7-23-19(21)22/h11-14,27H,3-10,20H2,1-2H3,(H,24,28)(H,25,29)(H,26,30)(H,31,32)(H4,21,22,23). The number of aliphatic imine (C=N–C) groups is 1. The summed E-state index contributed by atoms with van der Waals surface area (Å²) in [6.45, 7) is -0.372. The van der Waals surface area contributed by atoms with Crippen molar-refractivity contribution in [2.45, 2.75) is 49.9 Å². The molecule has 34 heavy (non-hydrogen) atoms. The molecule has 0 fully saturated rings. The van der Waals surface area contributed by atoms with Crippen LogP contribution in [-0.4, -0.2) is 101 Å². The molecule has 15 heteroatoms. The zero-order valence-corrected chi connectivity index (χ0v) is 21.1. The van der Waals surface area contributed by atoms with E-state index in [1.54, 1.807) is 0 Å². The number of carboxylic acid groups (broad SMARTS) is 1. The monoisotopic (exact) mass is 523 g/mol. The number of thioether (sulfide) groups is 2. The Hall–Kier alpha value is -2.23. The molecule has 0 aromatic rings. The molecule has 4 atom stereocenters. The number of nitrogens with zero attached hydrogens (tertiary/aromatic N) is 1. The second kappa shape index (κ2) is 18.1. The molecule has 0 aromatic heterocycles. The van der Waals surface area contributed by atoms with Crippen LogP contribution in [0.5, 0.6) is 0 Å². The molecule has 0 aromatic carbocycles. The SMILES string of the molecule is CSCCC(NC(=O)C(N)CO)C(=O)NC(CCSC)C(=O)NC(CCCN=C(N)N)C(=O)O. The lowest BCUT2D eigenvalue weighted by molar-refractivity contribution is -0.142. The minimum atomic E-state index is -1.23. The third-order valence-corrected chi connectivity index (χ3v) is 5.87. The fourth-order valence-corrected chi connectivity index (χ4v) is 3.62. The first-order valence-electron chi connectivity index (χ1n) is 10.6. The van der Waals surface area contributed by atoms with Crippen LogP contribution in [0.25, 0.3) is 0 Å². The Kier molecular flexibility index (Phi) is 17.0. The number of nitrogens with two attached hydrogens (primary N) is 3. The number of carbonyl (C=O) groups is 4. The number of hydrogen-bond donors (Lipinski definition) is 8. The van der Waals surface area contributed by atoms with Crippen LogP contribution in [0.1, 0.15) is 25.7 Å². The lowest BCUT2D eigenvalue weighted by Crippen LogP contribution is -2.57. The Morgan fingerprint density at radius 1 is 0.853 bits per heavy atom. The van der Waals surface area contributed by atoms with Crippen molar-refractivity contribution in [3.05, 3.63) is 0 Å². The first kappa shape index (κ1) is 31.8. The molecule has 0 aliphatic carbocycles. The molecule has 0 bridgehead atoms. The van der Waals surface area contributed by atoms with Crippen molar-refractivity contribution in [2.24, 2.45) is 22.2 Å². The van der Waals surface area contributed by atoms with Gasteiger partial charge >= 0.3 is 5.97 Å². The van der Waals surface area contributed by atoms with E-state index in [4.69, 9.17) is 22.3 Å². The quantitative estimate of drug-likeness (QED) is 0.0527. The van der Waals surface area contributed by atoms with E-state index in [9.17, 15) is 24.3 Å². The molecule has 0 radical (unpaired) electrons. The molecule has 196 valence electrons. The highest BCUT2D eigenvalue weighted by molar-refractivity contribution is 7.98. The van der Waals surface area contributed by atoms with Gasteiger partial charge in [-0.2, -0.15) is 23.5 Å². The summed E-state index contributed by atoms with van der Waals surface area (Å²) in [6.07, 6.45) is 4.61. The molecule has 0 heterocycles. The largest absolute Gasteiger partial charge is 0.480 e. The minimum Gasteiger partial charge on any atom is -0.480 e. The van der Waals surface area contributed by atoms with Crippen LogP contribution in [0.2, 0.25) is 0 Å². The number of carbonyl (C=O) groups excluding carboxylic acids is 3. The van der Waals surface area contributed by atoms with Gasteiger partial charge in [0.25, 0.3) is 0 Å². The van der Waals surface area contributed by atoms with Crippen LogP contribution in [0, 0.1) is 0 Å². The number of amides is 3. The second-order valence-electron chi connectivity index (χ2n) is 7.32. The van der Waals surface area contributed by atoms with Gasteiger partial charge in [0.05, 0.1) is 6.61 Å². The molecule has 11 N–H and O–H groups in total. The zero-order chi connectivity index (χ0) is 26.1. The maximum absolute atomic E-state index is 12.9. The summed E-state index contributed by atoms with van der Waals surface area (Å²) in [5.74, 6) is -2.22. The maximum atomic E-state index is 12.9. The smallest absolute Gasteiger partial charge is 0.326 e. The lowest BCUT2D eigenvalue weighted by atomic mass is 10.1. The Bertz CT molecular complexity index is 694. The summed E-state index contributed by atoms with van der Waals surface area (Å²) < 4.78 is 0. The highest BCUT2D eigenvalue weighted by Gasteiger charge is 2.29. The van der Waals surface area contributed by atoms with E-state index in [-0.39, 0.29) is 31.8 Å². The van der Waals surface area contributed by atoms with Crippen molar-refractivity contribution in [3.8, 4) is 0 Å². The number of guanidine groups is 1. The Morgan fingerprint density at radius 2 is 1.32 bits per heavy atom. The average molecular weight is 524 g/mol. The van der Waals surface area contributed by atoms with Crippen LogP contribution in [0.4, 0.5) is 0 Å². The van der Waals surface area contributed by atoms with Gasteiger partial charge in [-0.05, 0) is 49.7 Å². The van der Waals surface area contributed by atoms with Gasteiger partial charge in [-0.3, -0.25) is 19.4 Å². The Labute approximate surface area is 207 Å². The fraction of sp³-hybridized carbons (Fsp3) is 0.737. The summed E-state index contributed by atoms with van der Waals surface area (Å²) in [7, 11) is 0. The third kappa shape index (κ3) is 13.5. The van der Waals surface area contributed by atoms with E-state index >= 15 is 0 Å². The molecule has 13 nitrogen and oxygen atoms in total. The number of rotatable bonds is 18. The number of aliphatic hydroxyl groups excluding tert-OH is 1. The van der Waals surface area contributed by atoms with Gasteiger partial charge in [0.2, 0.25) is 17.7 Å². The van der Waals surface area contributed by atoms with Crippen molar-refractivity contribution >= 4 is 53.2 Å². The summed E-state index contributed by atoms with van der Waals surface area (Å²) >= 11 is 2.92. The van der Waals surface area contributed by atoms with E-state index in [0.717, 1.165) is 0 Å². The van der Waals surface area contributed by atoms with Crippen molar-refractivity contribution in [3.63, 3.8) is 0 Å². The Balaban J connectivity index is 5.33. The minimum absolute atomic E-state index is 0.0898. The summed E-state index contributed by atoms with van der Waals surface area (Å²) in [5, 5.41) is 26.1. The molecule has 0 saturated carbocycles. The van der Waals surface area contributed by atoms with Crippen LogP contribution in [-0.2, 0) is 19.2 Å². The van der Waals surface area contributed by atoms with E-state index in [1.165, 1.54) is 23.5 Å². The number of aliphatic hydroxyl groups is 1. The molecular weight excluding hydrogens is 486 g/mol. The van der Waals surface area contributed by atoms with E-state index in [2.05, 4.69) is 20.9 Å². The van der Waals surface area contributed by atoms with Crippen LogP contribution in [0.15, 0.2) is 4.99 Å². The first-order valence-corrected chi connectivity index (χ1v) is 13.4. The zero-order valence-electron chi connectivity index (χ0n) is 19.5. The third-order valence-electron chi connectivity index (χ3n) is 4.58. The highest BCUT2D eigenvalue weighted by atomic mass is 32.2. The van der Waals surface area contributed by atoms with E-state index < -0.39 is 54.5 Å². The molecule has 0 aliphatic heterocycles. The molecule has 3 amide bonds. The van der Waals surface area contributed by atoms with Gasteiger partial charge < -0.3 is 43.4 Å². The predicted octanol–water partition coefficient (Wildman–Crippen LogP) is -2.60. The lowest BCUT2D eigenvalue weighted by Gasteiger charge is -2.25. The number of hydrogen-bond acceptors (Lipinski definition) is 9. The van der Waals surface area contributed by atoms with E-state index in [1.807, 2.05) is 12.5 Å². The van der Waals surface area contributed by atoms with E-state index in [0.29, 0.717) is 17.9 Å².